The second-order valence-corrected chi connectivity index (χ2v) is 9.73. The molecule has 9 nitrogen and oxygen atoms in total. The van der Waals surface area contributed by atoms with Gasteiger partial charge in [0.05, 0.1) is 18.8 Å². The molecule has 0 aliphatic rings. The van der Waals surface area contributed by atoms with E-state index in [1.165, 1.54) is 24.6 Å². The SMILES string of the molecule is CCCCCCOc1ccccc1C/C=C/[C@H](SC[C@H](N)C(=O)NCC(=O)O)[C@H](O)CCCC(=O)O. The van der Waals surface area contributed by atoms with E-state index in [4.69, 9.17) is 20.7 Å². The van der Waals surface area contributed by atoms with Crippen LogP contribution in [0.25, 0.3) is 0 Å². The summed E-state index contributed by atoms with van der Waals surface area (Å²) in [5, 5.41) is 30.1. The van der Waals surface area contributed by atoms with Crippen LogP contribution in [0.2, 0.25) is 0 Å². The molecule has 0 saturated heterocycles. The maximum absolute atomic E-state index is 12.0. The number of carbonyl (C=O) groups excluding carboxylic acids is 1. The number of allylic oxidation sites excluding steroid dienone is 1. The van der Waals surface area contributed by atoms with Crippen molar-refractivity contribution >= 4 is 29.6 Å². The van der Waals surface area contributed by atoms with E-state index in [9.17, 15) is 19.5 Å². The minimum Gasteiger partial charge on any atom is -0.493 e. The second kappa shape index (κ2) is 18.7. The fourth-order valence-corrected chi connectivity index (χ4v) is 4.52. The van der Waals surface area contributed by atoms with Gasteiger partial charge in [0.25, 0.3) is 0 Å². The molecule has 202 valence electrons. The van der Waals surface area contributed by atoms with Gasteiger partial charge in [0, 0.05) is 17.4 Å². The normalized spacial score (nSPS) is 13.8. The largest absolute Gasteiger partial charge is 0.493 e. The number of nitrogens with one attached hydrogen (secondary N) is 1. The Morgan fingerprint density at radius 3 is 2.56 bits per heavy atom. The van der Waals surface area contributed by atoms with E-state index >= 15 is 0 Å². The Hall–Kier alpha value is -2.56. The number of para-hydroxylation sites is 1. The number of aliphatic hydroxyl groups is 1. The average Bonchev–Trinajstić information content (AvgIpc) is 2.84. The van der Waals surface area contributed by atoms with Crippen LogP contribution in [-0.4, -0.2) is 69.5 Å². The van der Waals surface area contributed by atoms with Crippen molar-refractivity contribution in [3.8, 4) is 5.75 Å². The van der Waals surface area contributed by atoms with Gasteiger partial charge in [-0.3, -0.25) is 14.4 Å². The second-order valence-electron chi connectivity index (χ2n) is 8.52. The Kier molecular flexibility index (Phi) is 16.3. The number of hydrogen-bond acceptors (Lipinski definition) is 7. The summed E-state index contributed by atoms with van der Waals surface area (Å²) < 4.78 is 5.96. The number of rotatable bonds is 20. The van der Waals surface area contributed by atoms with Crippen molar-refractivity contribution in [2.24, 2.45) is 5.73 Å². The number of unbranched alkanes of at least 4 members (excludes halogenated alkanes) is 3. The fourth-order valence-electron chi connectivity index (χ4n) is 3.36. The summed E-state index contributed by atoms with van der Waals surface area (Å²) in [6.45, 7) is 2.31. The van der Waals surface area contributed by atoms with Crippen LogP contribution in [-0.2, 0) is 20.8 Å². The first-order valence-electron chi connectivity index (χ1n) is 12.4. The van der Waals surface area contributed by atoms with Crippen LogP contribution in [0.5, 0.6) is 5.75 Å². The summed E-state index contributed by atoms with van der Waals surface area (Å²) >= 11 is 1.27. The van der Waals surface area contributed by atoms with Crippen molar-refractivity contribution in [2.75, 3.05) is 18.9 Å². The van der Waals surface area contributed by atoms with E-state index in [1.54, 1.807) is 0 Å². The Labute approximate surface area is 217 Å². The van der Waals surface area contributed by atoms with Crippen LogP contribution in [0.1, 0.15) is 57.4 Å². The van der Waals surface area contributed by atoms with Gasteiger partial charge in [0.1, 0.15) is 12.3 Å². The molecule has 1 rings (SSSR count). The highest BCUT2D eigenvalue weighted by Gasteiger charge is 2.21. The molecule has 0 radical (unpaired) electrons. The number of carboxylic acids is 2. The number of amides is 1. The minimum atomic E-state index is -1.16. The summed E-state index contributed by atoms with van der Waals surface area (Å²) in [6.07, 6.45) is 8.56. The van der Waals surface area contributed by atoms with E-state index < -0.39 is 41.8 Å². The molecule has 1 aromatic carbocycles. The number of nitrogens with two attached hydrogens (primary N) is 1. The van der Waals surface area contributed by atoms with Crippen LogP contribution in [0, 0.1) is 0 Å². The summed E-state index contributed by atoms with van der Waals surface area (Å²) in [7, 11) is 0. The maximum Gasteiger partial charge on any atom is 0.322 e. The molecule has 0 bridgehead atoms. The fraction of sp³-hybridized carbons (Fsp3) is 0.577. The van der Waals surface area contributed by atoms with Crippen LogP contribution >= 0.6 is 11.8 Å². The van der Waals surface area contributed by atoms with E-state index in [1.807, 2.05) is 36.4 Å². The first kappa shape index (κ1) is 31.5. The molecule has 0 unspecified atom stereocenters. The lowest BCUT2D eigenvalue weighted by molar-refractivity contribution is -0.138. The number of aliphatic hydroxyl groups excluding tert-OH is 1. The quantitative estimate of drug-likeness (QED) is 0.128. The molecule has 0 fully saturated rings. The van der Waals surface area contributed by atoms with Gasteiger partial charge in [0.15, 0.2) is 0 Å². The number of carbonyl (C=O) groups is 3. The molecule has 0 aliphatic heterocycles. The lowest BCUT2D eigenvalue weighted by atomic mass is 10.1. The Morgan fingerprint density at radius 2 is 1.86 bits per heavy atom. The molecule has 0 heterocycles. The van der Waals surface area contributed by atoms with Crippen molar-refractivity contribution in [1.82, 2.24) is 5.32 Å². The first-order valence-corrected chi connectivity index (χ1v) is 13.4. The molecule has 0 saturated carbocycles. The number of thioether (sulfide) groups is 1. The molecule has 3 atom stereocenters. The number of aliphatic carboxylic acids is 2. The molecule has 0 aromatic heterocycles. The monoisotopic (exact) mass is 524 g/mol. The Bertz CT molecular complexity index is 834. The Balaban J connectivity index is 2.76. The number of carboxylic acid groups (broad SMARTS) is 2. The lowest BCUT2D eigenvalue weighted by Gasteiger charge is -2.21. The van der Waals surface area contributed by atoms with Crippen LogP contribution in [0.4, 0.5) is 0 Å². The molecule has 36 heavy (non-hydrogen) atoms. The predicted molar refractivity (Wildman–Crippen MR) is 141 cm³/mol. The van der Waals surface area contributed by atoms with E-state index in [2.05, 4.69) is 12.2 Å². The predicted octanol–water partition coefficient (Wildman–Crippen LogP) is 2.99. The standard InChI is InChI=1S/C26H40N2O7S/c1-2-3-4-7-16-35-22-13-6-5-10-19(22)11-8-14-23(21(29)12-9-15-24(30)31)36-18-20(27)26(34)28-17-25(32)33/h5-6,8,10,13-14,20-21,23,29H,2-4,7,9,11-12,15-18,27H2,1H3,(H,28,34)(H,30,31)(H,32,33)/b14-8+/t20-,21+,23-/m0/s1. The maximum atomic E-state index is 12.0. The number of hydrogen-bond donors (Lipinski definition) is 5. The van der Waals surface area contributed by atoms with Gasteiger partial charge in [-0.25, -0.2) is 0 Å². The summed E-state index contributed by atoms with van der Waals surface area (Å²) in [5.74, 6) is -1.69. The van der Waals surface area contributed by atoms with E-state index in [0.29, 0.717) is 19.4 Å². The lowest BCUT2D eigenvalue weighted by Crippen LogP contribution is -2.44. The average molecular weight is 525 g/mol. The van der Waals surface area contributed by atoms with Gasteiger partial charge < -0.3 is 31.1 Å². The van der Waals surface area contributed by atoms with Crippen LogP contribution in [0.15, 0.2) is 36.4 Å². The van der Waals surface area contributed by atoms with Gasteiger partial charge in [-0.05, 0) is 37.3 Å². The third-order valence-corrected chi connectivity index (χ3v) is 6.79. The molecular formula is C26H40N2O7S. The highest BCUT2D eigenvalue weighted by atomic mass is 32.2. The number of benzene rings is 1. The van der Waals surface area contributed by atoms with Crippen LogP contribution in [0.3, 0.4) is 0 Å². The van der Waals surface area contributed by atoms with Gasteiger partial charge in [-0.1, -0.05) is 56.5 Å². The van der Waals surface area contributed by atoms with Gasteiger partial charge in [0.2, 0.25) is 5.91 Å². The zero-order chi connectivity index (χ0) is 26.8. The number of ether oxygens (including phenoxy) is 1. The minimum absolute atomic E-state index is 0.0434. The van der Waals surface area contributed by atoms with Crippen molar-refractivity contribution in [3.63, 3.8) is 0 Å². The van der Waals surface area contributed by atoms with E-state index in [0.717, 1.165) is 24.2 Å². The highest BCUT2D eigenvalue weighted by Crippen LogP contribution is 2.23. The van der Waals surface area contributed by atoms with Gasteiger partial charge in [-0.2, -0.15) is 0 Å². The smallest absolute Gasteiger partial charge is 0.322 e. The molecule has 1 amide bonds. The summed E-state index contributed by atoms with van der Waals surface area (Å²) in [5.41, 5.74) is 6.89. The third-order valence-electron chi connectivity index (χ3n) is 5.38. The van der Waals surface area contributed by atoms with Crippen molar-refractivity contribution in [1.29, 1.82) is 0 Å². The van der Waals surface area contributed by atoms with Gasteiger partial charge in [-0.15, -0.1) is 11.8 Å². The molecule has 0 spiro atoms. The van der Waals surface area contributed by atoms with Crippen molar-refractivity contribution < 1.29 is 34.4 Å². The van der Waals surface area contributed by atoms with E-state index in [-0.39, 0.29) is 18.6 Å². The molecule has 10 heteroatoms. The zero-order valence-electron chi connectivity index (χ0n) is 20.9. The van der Waals surface area contributed by atoms with Crippen molar-refractivity contribution in [2.45, 2.75) is 75.7 Å². The summed E-state index contributed by atoms with van der Waals surface area (Å²) in [4.78, 5) is 33.4. The molecular weight excluding hydrogens is 484 g/mol. The molecule has 1 aromatic rings. The first-order chi connectivity index (χ1) is 17.2. The van der Waals surface area contributed by atoms with Gasteiger partial charge >= 0.3 is 11.9 Å². The van der Waals surface area contributed by atoms with Crippen molar-refractivity contribution in [3.05, 3.63) is 42.0 Å². The third kappa shape index (κ3) is 14.1. The topological polar surface area (TPSA) is 159 Å². The Morgan fingerprint density at radius 1 is 1.11 bits per heavy atom. The molecule has 0 aliphatic carbocycles. The summed E-state index contributed by atoms with van der Waals surface area (Å²) in [6, 6.07) is 6.84. The molecule has 6 N–H and O–H groups in total. The zero-order valence-corrected chi connectivity index (χ0v) is 21.8. The highest BCUT2D eigenvalue weighted by molar-refractivity contribution is 8.00. The van der Waals surface area contributed by atoms with Crippen LogP contribution < -0.4 is 15.8 Å².